The topological polar surface area (TPSA) is 78.4 Å². The SMILES string of the molecule is O=C(O)CCCCNC(=O)c1ccc2c(c1)CNCC2. The number of unbranched alkanes of at least 4 members (excludes halogenated alkanes) is 1. The summed E-state index contributed by atoms with van der Waals surface area (Å²) in [7, 11) is 0. The van der Waals surface area contributed by atoms with Crippen molar-refractivity contribution in [2.45, 2.75) is 32.2 Å². The van der Waals surface area contributed by atoms with Crippen molar-refractivity contribution in [1.29, 1.82) is 0 Å². The summed E-state index contributed by atoms with van der Waals surface area (Å²) in [4.78, 5) is 22.3. The van der Waals surface area contributed by atoms with Gasteiger partial charge in [-0.3, -0.25) is 9.59 Å². The minimum absolute atomic E-state index is 0.0892. The Morgan fingerprint density at radius 3 is 2.90 bits per heavy atom. The van der Waals surface area contributed by atoms with Crippen molar-refractivity contribution in [3.05, 3.63) is 34.9 Å². The van der Waals surface area contributed by atoms with Gasteiger partial charge in [0.2, 0.25) is 0 Å². The molecule has 1 amide bonds. The van der Waals surface area contributed by atoms with E-state index in [2.05, 4.69) is 10.6 Å². The van der Waals surface area contributed by atoms with E-state index >= 15 is 0 Å². The van der Waals surface area contributed by atoms with Crippen LogP contribution in [0, 0.1) is 0 Å². The second kappa shape index (κ2) is 7.05. The molecule has 1 aliphatic rings. The van der Waals surface area contributed by atoms with Crippen LogP contribution in [0.1, 0.15) is 40.7 Å². The number of benzene rings is 1. The monoisotopic (exact) mass is 276 g/mol. The molecule has 0 fully saturated rings. The molecule has 20 heavy (non-hydrogen) atoms. The average Bonchev–Trinajstić information content (AvgIpc) is 2.46. The lowest BCUT2D eigenvalue weighted by Crippen LogP contribution is -2.27. The van der Waals surface area contributed by atoms with E-state index < -0.39 is 5.97 Å². The number of hydrogen-bond donors (Lipinski definition) is 3. The standard InChI is InChI=1S/C15H20N2O3/c18-14(19)3-1-2-7-17-15(20)12-5-4-11-6-8-16-10-13(11)9-12/h4-5,9,16H,1-3,6-8,10H2,(H,17,20)(H,18,19). The number of nitrogens with one attached hydrogen (secondary N) is 2. The van der Waals surface area contributed by atoms with E-state index in [9.17, 15) is 9.59 Å². The van der Waals surface area contributed by atoms with Crippen LogP contribution in [0.2, 0.25) is 0 Å². The smallest absolute Gasteiger partial charge is 0.303 e. The van der Waals surface area contributed by atoms with Gasteiger partial charge in [-0.2, -0.15) is 0 Å². The second-order valence-electron chi connectivity index (χ2n) is 5.02. The zero-order valence-electron chi connectivity index (χ0n) is 11.4. The molecule has 1 aromatic carbocycles. The van der Waals surface area contributed by atoms with Crippen LogP contribution in [-0.2, 0) is 17.8 Å². The maximum absolute atomic E-state index is 12.0. The zero-order chi connectivity index (χ0) is 14.4. The van der Waals surface area contributed by atoms with Gasteiger partial charge in [0.15, 0.2) is 0 Å². The van der Waals surface area contributed by atoms with Gasteiger partial charge in [0.25, 0.3) is 5.91 Å². The molecule has 0 unspecified atom stereocenters. The van der Waals surface area contributed by atoms with E-state index in [0.717, 1.165) is 19.5 Å². The number of carboxylic acid groups (broad SMARTS) is 1. The first-order chi connectivity index (χ1) is 9.66. The summed E-state index contributed by atoms with van der Waals surface area (Å²) in [5.41, 5.74) is 3.17. The van der Waals surface area contributed by atoms with E-state index in [0.29, 0.717) is 24.9 Å². The van der Waals surface area contributed by atoms with Crippen molar-refractivity contribution in [2.75, 3.05) is 13.1 Å². The van der Waals surface area contributed by atoms with Crippen LogP contribution >= 0.6 is 0 Å². The van der Waals surface area contributed by atoms with Crippen molar-refractivity contribution in [1.82, 2.24) is 10.6 Å². The number of fused-ring (bicyclic) bond motifs is 1. The molecule has 0 saturated heterocycles. The Morgan fingerprint density at radius 2 is 2.10 bits per heavy atom. The highest BCUT2D eigenvalue weighted by Gasteiger charge is 2.12. The van der Waals surface area contributed by atoms with Gasteiger partial charge in [-0.25, -0.2) is 0 Å². The van der Waals surface area contributed by atoms with Crippen LogP contribution in [0.25, 0.3) is 0 Å². The van der Waals surface area contributed by atoms with Crippen molar-refractivity contribution in [2.24, 2.45) is 0 Å². The third kappa shape index (κ3) is 4.06. The Hall–Kier alpha value is -1.88. The molecule has 1 aromatic rings. The van der Waals surface area contributed by atoms with Gasteiger partial charge < -0.3 is 15.7 Å². The first-order valence-corrected chi connectivity index (χ1v) is 6.99. The van der Waals surface area contributed by atoms with Crippen molar-refractivity contribution < 1.29 is 14.7 Å². The maximum atomic E-state index is 12.0. The third-order valence-electron chi connectivity index (χ3n) is 3.46. The fraction of sp³-hybridized carbons (Fsp3) is 0.467. The highest BCUT2D eigenvalue weighted by molar-refractivity contribution is 5.94. The first kappa shape index (κ1) is 14.5. The summed E-state index contributed by atoms with van der Waals surface area (Å²) in [6.45, 7) is 2.32. The summed E-state index contributed by atoms with van der Waals surface area (Å²) in [5.74, 6) is -0.882. The number of hydrogen-bond acceptors (Lipinski definition) is 3. The molecular weight excluding hydrogens is 256 g/mol. The molecule has 1 aliphatic heterocycles. The molecule has 0 saturated carbocycles. The fourth-order valence-electron chi connectivity index (χ4n) is 2.33. The lowest BCUT2D eigenvalue weighted by atomic mass is 9.98. The quantitative estimate of drug-likeness (QED) is 0.685. The fourth-order valence-corrected chi connectivity index (χ4v) is 2.33. The Labute approximate surface area is 118 Å². The normalized spacial score (nSPS) is 13.6. The van der Waals surface area contributed by atoms with Gasteiger partial charge in [-0.15, -0.1) is 0 Å². The van der Waals surface area contributed by atoms with Crippen LogP contribution < -0.4 is 10.6 Å². The molecule has 5 heteroatoms. The van der Waals surface area contributed by atoms with Gasteiger partial charge in [0, 0.05) is 25.1 Å². The Morgan fingerprint density at radius 1 is 1.25 bits per heavy atom. The molecule has 0 radical (unpaired) electrons. The number of rotatable bonds is 6. The van der Waals surface area contributed by atoms with E-state index in [1.807, 2.05) is 18.2 Å². The van der Waals surface area contributed by atoms with Crippen molar-refractivity contribution >= 4 is 11.9 Å². The molecule has 2 rings (SSSR count). The molecule has 108 valence electrons. The number of amides is 1. The summed E-state index contributed by atoms with van der Waals surface area (Å²) in [6.07, 6.45) is 2.43. The van der Waals surface area contributed by atoms with Gasteiger partial charge in [0.1, 0.15) is 0 Å². The molecule has 0 aromatic heterocycles. The molecular formula is C15H20N2O3. The predicted molar refractivity (Wildman–Crippen MR) is 75.7 cm³/mol. The molecule has 5 nitrogen and oxygen atoms in total. The van der Waals surface area contributed by atoms with Crippen LogP contribution in [0.3, 0.4) is 0 Å². The Balaban J connectivity index is 1.82. The van der Waals surface area contributed by atoms with Gasteiger partial charge in [-0.05, 0) is 49.1 Å². The second-order valence-corrected chi connectivity index (χ2v) is 5.02. The lowest BCUT2D eigenvalue weighted by molar-refractivity contribution is -0.137. The van der Waals surface area contributed by atoms with Crippen LogP contribution in [-0.4, -0.2) is 30.1 Å². The average molecular weight is 276 g/mol. The predicted octanol–water partition coefficient (Wildman–Crippen LogP) is 1.32. The number of carboxylic acids is 1. The zero-order valence-corrected chi connectivity index (χ0v) is 11.4. The lowest BCUT2D eigenvalue weighted by Gasteiger charge is -2.17. The van der Waals surface area contributed by atoms with E-state index in [-0.39, 0.29) is 12.3 Å². The minimum Gasteiger partial charge on any atom is -0.481 e. The minimum atomic E-state index is -0.793. The third-order valence-corrected chi connectivity index (χ3v) is 3.46. The van der Waals surface area contributed by atoms with Crippen molar-refractivity contribution in [3.63, 3.8) is 0 Å². The van der Waals surface area contributed by atoms with Gasteiger partial charge in [0.05, 0.1) is 0 Å². The highest BCUT2D eigenvalue weighted by atomic mass is 16.4. The molecule has 0 aliphatic carbocycles. The van der Waals surface area contributed by atoms with Crippen LogP contribution in [0.4, 0.5) is 0 Å². The summed E-state index contributed by atoms with van der Waals surface area (Å²) in [5, 5.41) is 14.6. The summed E-state index contributed by atoms with van der Waals surface area (Å²) in [6, 6.07) is 5.82. The molecule has 3 N–H and O–H groups in total. The van der Waals surface area contributed by atoms with Crippen LogP contribution in [0.15, 0.2) is 18.2 Å². The summed E-state index contributed by atoms with van der Waals surface area (Å²) >= 11 is 0. The van der Waals surface area contributed by atoms with Crippen LogP contribution in [0.5, 0.6) is 0 Å². The van der Waals surface area contributed by atoms with E-state index in [1.54, 1.807) is 0 Å². The number of carbonyl (C=O) groups is 2. The van der Waals surface area contributed by atoms with Crippen molar-refractivity contribution in [3.8, 4) is 0 Å². The molecule has 0 atom stereocenters. The Bertz CT molecular complexity index is 500. The number of carbonyl (C=O) groups excluding carboxylic acids is 1. The molecule has 1 heterocycles. The largest absolute Gasteiger partial charge is 0.481 e. The molecule has 0 spiro atoms. The van der Waals surface area contributed by atoms with E-state index in [1.165, 1.54) is 11.1 Å². The Kier molecular flexibility index (Phi) is 5.12. The summed E-state index contributed by atoms with van der Waals surface area (Å²) < 4.78 is 0. The van der Waals surface area contributed by atoms with E-state index in [4.69, 9.17) is 5.11 Å². The highest BCUT2D eigenvalue weighted by Crippen LogP contribution is 2.15. The first-order valence-electron chi connectivity index (χ1n) is 6.99. The maximum Gasteiger partial charge on any atom is 0.303 e. The van der Waals surface area contributed by atoms with Gasteiger partial charge >= 0.3 is 5.97 Å². The molecule has 0 bridgehead atoms. The van der Waals surface area contributed by atoms with Gasteiger partial charge in [-0.1, -0.05) is 6.07 Å². The number of aliphatic carboxylic acids is 1.